The van der Waals surface area contributed by atoms with Gasteiger partial charge >= 0.3 is 0 Å². The molecule has 2 aromatic carbocycles. The van der Waals surface area contributed by atoms with E-state index in [1.165, 1.54) is 9.80 Å². The first-order valence-electron chi connectivity index (χ1n) is 11.8. The number of para-hydroxylation sites is 1. The third-order valence-corrected chi connectivity index (χ3v) is 6.70. The van der Waals surface area contributed by atoms with Gasteiger partial charge in [0, 0.05) is 25.4 Å². The summed E-state index contributed by atoms with van der Waals surface area (Å²) in [6.07, 6.45) is 2.81. The molecule has 1 saturated heterocycles. The van der Waals surface area contributed by atoms with E-state index in [0.717, 1.165) is 17.5 Å². The molecule has 1 aromatic heterocycles. The van der Waals surface area contributed by atoms with Gasteiger partial charge in [-0.25, -0.2) is 4.98 Å². The van der Waals surface area contributed by atoms with Gasteiger partial charge in [-0.1, -0.05) is 55.5 Å². The van der Waals surface area contributed by atoms with Gasteiger partial charge in [-0.3, -0.25) is 19.3 Å². The van der Waals surface area contributed by atoms with Crippen LogP contribution in [0, 0.1) is 5.92 Å². The Kier molecular flexibility index (Phi) is 7.25. The van der Waals surface area contributed by atoms with Crippen molar-refractivity contribution in [2.45, 2.75) is 38.1 Å². The van der Waals surface area contributed by atoms with Crippen molar-refractivity contribution in [3.05, 3.63) is 90.1 Å². The molecule has 1 aliphatic heterocycles. The number of anilines is 2. The highest BCUT2D eigenvalue weighted by atomic mass is 16.2. The lowest BCUT2D eigenvalue weighted by atomic mass is 9.80. The fraction of sp³-hybridized carbons (Fsp3) is 0.286. The van der Waals surface area contributed by atoms with Gasteiger partial charge in [0.15, 0.2) is 0 Å². The van der Waals surface area contributed by atoms with Crippen LogP contribution in [0.5, 0.6) is 0 Å². The van der Waals surface area contributed by atoms with Gasteiger partial charge in [0.25, 0.3) is 5.91 Å². The van der Waals surface area contributed by atoms with Crippen LogP contribution in [0.1, 0.15) is 36.8 Å². The Morgan fingerprint density at radius 1 is 1.06 bits per heavy atom. The molecule has 180 valence electrons. The van der Waals surface area contributed by atoms with Crippen molar-refractivity contribution in [3.8, 4) is 0 Å². The molecule has 3 aromatic rings. The van der Waals surface area contributed by atoms with Crippen LogP contribution in [-0.4, -0.2) is 40.7 Å². The highest BCUT2D eigenvalue weighted by Gasteiger charge is 2.55. The Hall–Kier alpha value is -4.00. The third-order valence-electron chi connectivity index (χ3n) is 6.70. The van der Waals surface area contributed by atoms with E-state index in [2.05, 4.69) is 4.98 Å². The number of rotatable bonds is 8. The number of hydrogen-bond donors (Lipinski definition) is 1. The van der Waals surface area contributed by atoms with Gasteiger partial charge < -0.3 is 10.6 Å². The number of carbonyl (C=O) groups is 3. The molecule has 3 amide bonds. The van der Waals surface area contributed by atoms with Crippen molar-refractivity contribution in [2.24, 2.45) is 5.92 Å². The van der Waals surface area contributed by atoms with Gasteiger partial charge in [-0.05, 0) is 54.2 Å². The van der Waals surface area contributed by atoms with Crippen LogP contribution in [-0.2, 0) is 20.8 Å². The molecule has 0 saturated carbocycles. The fourth-order valence-electron chi connectivity index (χ4n) is 4.69. The minimum atomic E-state index is -0.872. The van der Waals surface area contributed by atoms with Gasteiger partial charge in [-0.15, -0.1) is 0 Å². The molecule has 0 spiro atoms. The summed E-state index contributed by atoms with van der Waals surface area (Å²) >= 11 is 0. The lowest BCUT2D eigenvalue weighted by Gasteiger charge is -2.46. The minimum Gasteiger partial charge on any atom is -0.384 e. The number of hydrogen-bond acceptors (Lipinski definition) is 5. The SMILES string of the molecule is CC[C@@H](CC(=O)N1C(=O)[C@H](Cc2ccnc(N)c2)[C@H]1C(=O)N(C)c1ccccc1)c1ccccc1. The smallest absolute Gasteiger partial charge is 0.250 e. The summed E-state index contributed by atoms with van der Waals surface area (Å²) in [4.78, 5) is 47.0. The maximum absolute atomic E-state index is 13.6. The Labute approximate surface area is 205 Å². The molecular weight excluding hydrogens is 440 g/mol. The average molecular weight is 471 g/mol. The van der Waals surface area contributed by atoms with Gasteiger partial charge in [0.2, 0.25) is 11.8 Å². The number of imide groups is 1. The van der Waals surface area contributed by atoms with Crippen LogP contribution in [0.15, 0.2) is 79.0 Å². The number of nitrogens with zero attached hydrogens (tertiary/aromatic N) is 3. The lowest BCUT2D eigenvalue weighted by molar-refractivity contribution is -0.170. The van der Waals surface area contributed by atoms with E-state index in [9.17, 15) is 14.4 Å². The predicted molar refractivity (Wildman–Crippen MR) is 135 cm³/mol. The topological polar surface area (TPSA) is 96.6 Å². The van der Waals surface area contributed by atoms with Crippen LogP contribution in [0.4, 0.5) is 11.5 Å². The summed E-state index contributed by atoms with van der Waals surface area (Å²) in [5.74, 6) is -1.26. The van der Waals surface area contributed by atoms with Crippen molar-refractivity contribution in [1.29, 1.82) is 0 Å². The minimum absolute atomic E-state index is 0.0295. The van der Waals surface area contributed by atoms with E-state index in [-0.39, 0.29) is 30.1 Å². The largest absolute Gasteiger partial charge is 0.384 e. The normalized spacial score (nSPS) is 18.0. The van der Waals surface area contributed by atoms with Crippen molar-refractivity contribution in [1.82, 2.24) is 9.88 Å². The first kappa shape index (κ1) is 24.1. The van der Waals surface area contributed by atoms with Gasteiger partial charge in [-0.2, -0.15) is 0 Å². The van der Waals surface area contributed by atoms with E-state index in [0.29, 0.717) is 17.9 Å². The van der Waals surface area contributed by atoms with E-state index < -0.39 is 12.0 Å². The summed E-state index contributed by atoms with van der Waals surface area (Å²) < 4.78 is 0. The highest BCUT2D eigenvalue weighted by Crippen LogP contribution is 2.35. The zero-order valence-corrected chi connectivity index (χ0v) is 20.0. The molecule has 7 nitrogen and oxygen atoms in total. The summed E-state index contributed by atoms with van der Waals surface area (Å²) in [6, 6.07) is 21.6. The molecule has 2 N–H and O–H groups in total. The van der Waals surface area contributed by atoms with Crippen molar-refractivity contribution < 1.29 is 14.4 Å². The molecule has 4 rings (SSSR count). The average Bonchev–Trinajstić information content (AvgIpc) is 2.89. The van der Waals surface area contributed by atoms with Gasteiger partial charge in [0.05, 0.1) is 5.92 Å². The number of amides is 3. The standard InChI is InChI=1S/C28H30N4O3/c1-3-20(21-10-6-4-7-11-21)18-25(33)32-26(28(35)31(2)22-12-8-5-9-13-22)23(27(32)34)16-19-14-15-30-24(29)17-19/h4-15,17,20,23,26H,3,16,18H2,1-2H3,(H2,29,30)/t20-,23+,26-/m0/s1. The Balaban J connectivity index is 1.59. The van der Waals surface area contributed by atoms with E-state index in [1.807, 2.05) is 67.6 Å². The zero-order chi connectivity index (χ0) is 24.9. The number of aromatic nitrogens is 1. The van der Waals surface area contributed by atoms with Crippen LogP contribution in [0.25, 0.3) is 0 Å². The summed E-state index contributed by atoms with van der Waals surface area (Å²) in [5, 5.41) is 0. The summed E-state index contributed by atoms with van der Waals surface area (Å²) in [7, 11) is 1.67. The molecular formula is C28H30N4O3. The summed E-state index contributed by atoms with van der Waals surface area (Å²) in [5.41, 5.74) is 8.36. The second kappa shape index (κ2) is 10.5. The predicted octanol–water partition coefficient (Wildman–Crippen LogP) is 3.81. The zero-order valence-electron chi connectivity index (χ0n) is 20.0. The molecule has 7 heteroatoms. The van der Waals surface area contributed by atoms with Crippen molar-refractivity contribution in [3.63, 3.8) is 0 Å². The fourth-order valence-corrected chi connectivity index (χ4v) is 4.69. The summed E-state index contributed by atoms with van der Waals surface area (Å²) in [6.45, 7) is 2.02. The second-order valence-corrected chi connectivity index (χ2v) is 8.90. The van der Waals surface area contributed by atoms with Gasteiger partial charge in [0.1, 0.15) is 11.9 Å². The number of nitrogen functional groups attached to an aromatic ring is 1. The number of nitrogens with two attached hydrogens (primary N) is 1. The molecule has 1 fully saturated rings. The Bertz CT molecular complexity index is 1200. The Morgan fingerprint density at radius 3 is 2.34 bits per heavy atom. The second-order valence-electron chi connectivity index (χ2n) is 8.90. The number of likely N-dealkylation sites (N-methyl/N-ethyl adjacent to an activating group) is 1. The van der Waals surface area contributed by atoms with E-state index in [1.54, 1.807) is 25.4 Å². The van der Waals surface area contributed by atoms with Crippen LogP contribution < -0.4 is 10.6 Å². The molecule has 0 radical (unpaired) electrons. The molecule has 0 unspecified atom stereocenters. The number of β-lactam (4-membered cyclic amide) rings is 1. The number of likely N-dealkylation sites (tertiary alicyclic amines) is 1. The first-order chi connectivity index (χ1) is 16.9. The molecule has 35 heavy (non-hydrogen) atoms. The number of benzene rings is 2. The van der Waals surface area contributed by atoms with E-state index in [4.69, 9.17) is 5.73 Å². The van der Waals surface area contributed by atoms with Crippen LogP contribution >= 0.6 is 0 Å². The molecule has 1 aliphatic rings. The van der Waals surface area contributed by atoms with Crippen molar-refractivity contribution in [2.75, 3.05) is 17.7 Å². The van der Waals surface area contributed by atoms with Crippen LogP contribution in [0.2, 0.25) is 0 Å². The quantitative estimate of drug-likeness (QED) is 0.505. The molecule has 0 aliphatic carbocycles. The highest BCUT2D eigenvalue weighted by molar-refractivity contribution is 6.12. The molecule has 3 atom stereocenters. The number of carbonyl (C=O) groups excluding carboxylic acids is 3. The monoisotopic (exact) mass is 470 g/mol. The molecule has 2 heterocycles. The van der Waals surface area contributed by atoms with E-state index >= 15 is 0 Å². The first-order valence-corrected chi connectivity index (χ1v) is 11.8. The lowest BCUT2D eigenvalue weighted by Crippen LogP contribution is -2.69. The maximum Gasteiger partial charge on any atom is 0.250 e. The third kappa shape index (κ3) is 5.09. The van der Waals surface area contributed by atoms with Crippen LogP contribution in [0.3, 0.4) is 0 Å². The maximum atomic E-state index is 13.6. The van der Waals surface area contributed by atoms with Crippen molar-refractivity contribution >= 4 is 29.2 Å². The molecule has 0 bridgehead atoms. The Morgan fingerprint density at radius 2 is 1.71 bits per heavy atom. The number of pyridine rings is 1.